The van der Waals surface area contributed by atoms with Crippen LogP contribution in [0.3, 0.4) is 0 Å². The Morgan fingerprint density at radius 3 is 0.717 bits per heavy atom. The molecule has 0 bridgehead atoms. The highest BCUT2D eigenvalue weighted by atomic mass is 14.2. The van der Waals surface area contributed by atoms with Gasteiger partial charge in [0.15, 0.2) is 0 Å². The van der Waals surface area contributed by atoms with Crippen molar-refractivity contribution in [3.63, 3.8) is 0 Å². The smallest absolute Gasteiger partial charge is 0.00926 e. The largest absolute Gasteiger partial charge is 0.0622 e. The number of rotatable bonds is 6. The molecule has 46 heavy (non-hydrogen) atoms. The maximum absolute atomic E-state index is 2.38. The molecule has 216 valence electrons. The summed E-state index contributed by atoms with van der Waals surface area (Å²) in [7, 11) is 0. The van der Waals surface area contributed by atoms with Gasteiger partial charge in [0, 0.05) is 0 Å². The van der Waals surface area contributed by atoms with Crippen molar-refractivity contribution in [3.05, 3.63) is 194 Å². The lowest BCUT2D eigenvalue weighted by atomic mass is 9.86. The minimum atomic E-state index is 1.21. The topological polar surface area (TPSA) is 0 Å². The second-order valence-corrected chi connectivity index (χ2v) is 11.8. The first-order valence-corrected chi connectivity index (χ1v) is 15.8. The molecule has 0 atom stereocenters. The first-order chi connectivity index (χ1) is 22.8. The van der Waals surface area contributed by atoms with Crippen LogP contribution in [-0.2, 0) is 0 Å². The van der Waals surface area contributed by atoms with Gasteiger partial charge in [0.1, 0.15) is 0 Å². The molecule has 0 aliphatic carbocycles. The van der Waals surface area contributed by atoms with E-state index in [0.29, 0.717) is 0 Å². The van der Waals surface area contributed by atoms with Crippen molar-refractivity contribution in [3.8, 4) is 66.8 Å². The second kappa shape index (κ2) is 12.2. The summed E-state index contributed by atoms with van der Waals surface area (Å²) >= 11 is 0. The molecule has 8 aromatic rings. The standard InChI is InChI=1S/C46H32/c1-5-13-33(14-6-1)35-21-25-37(26-22-35)41-29-43(39-17-9-3-10-18-39)46-32-42(30-44(45(46)31-41)40-19-11-4-12-20-40)38-27-23-36(24-28-38)34-15-7-2-8-16-34/h1-32H. The Hall–Kier alpha value is -5.98. The second-order valence-electron chi connectivity index (χ2n) is 11.8. The van der Waals surface area contributed by atoms with Gasteiger partial charge in [-0.15, -0.1) is 0 Å². The van der Waals surface area contributed by atoms with E-state index in [1.807, 2.05) is 0 Å². The van der Waals surface area contributed by atoms with E-state index in [0.717, 1.165) is 0 Å². The van der Waals surface area contributed by atoms with E-state index in [2.05, 4.69) is 194 Å². The van der Waals surface area contributed by atoms with Gasteiger partial charge in [-0.05, 0) is 102 Å². The molecule has 0 heteroatoms. The number of hydrogen-bond donors (Lipinski definition) is 0. The van der Waals surface area contributed by atoms with Crippen molar-refractivity contribution >= 4 is 10.8 Å². The van der Waals surface area contributed by atoms with E-state index >= 15 is 0 Å². The normalized spacial score (nSPS) is 11.0. The highest BCUT2D eigenvalue weighted by molar-refractivity contribution is 6.09. The summed E-state index contributed by atoms with van der Waals surface area (Å²) in [4.78, 5) is 0. The van der Waals surface area contributed by atoms with Crippen molar-refractivity contribution in [2.45, 2.75) is 0 Å². The summed E-state index contributed by atoms with van der Waals surface area (Å²) in [5.74, 6) is 0. The predicted molar refractivity (Wildman–Crippen MR) is 197 cm³/mol. The molecule has 0 fully saturated rings. The van der Waals surface area contributed by atoms with Gasteiger partial charge in [-0.25, -0.2) is 0 Å². The Morgan fingerprint density at radius 1 is 0.174 bits per heavy atom. The fourth-order valence-electron chi connectivity index (χ4n) is 6.48. The van der Waals surface area contributed by atoms with Gasteiger partial charge in [-0.2, -0.15) is 0 Å². The molecule has 8 rings (SSSR count). The third kappa shape index (κ3) is 5.42. The van der Waals surface area contributed by atoms with Gasteiger partial charge in [-0.1, -0.05) is 170 Å². The quantitative estimate of drug-likeness (QED) is 0.182. The highest BCUT2D eigenvalue weighted by Crippen LogP contribution is 2.42. The van der Waals surface area contributed by atoms with Gasteiger partial charge < -0.3 is 0 Å². The molecular formula is C46H32. The van der Waals surface area contributed by atoms with Crippen LogP contribution in [-0.4, -0.2) is 0 Å². The summed E-state index contributed by atoms with van der Waals surface area (Å²) in [5.41, 5.74) is 14.6. The fraction of sp³-hybridized carbons (Fsp3) is 0. The summed E-state index contributed by atoms with van der Waals surface area (Å²) in [6, 6.07) is 70.2. The Morgan fingerprint density at radius 2 is 0.413 bits per heavy atom. The Balaban J connectivity index is 1.33. The molecule has 0 aliphatic heterocycles. The molecule has 0 aliphatic rings. The minimum Gasteiger partial charge on any atom is -0.0622 e. The molecule has 0 aromatic heterocycles. The zero-order valence-electron chi connectivity index (χ0n) is 25.5. The van der Waals surface area contributed by atoms with Crippen LogP contribution in [0.25, 0.3) is 77.5 Å². The van der Waals surface area contributed by atoms with E-state index in [1.54, 1.807) is 0 Å². The van der Waals surface area contributed by atoms with E-state index in [4.69, 9.17) is 0 Å². The molecule has 0 saturated heterocycles. The number of hydrogen-bond acceptors (Lipinski definition) is 0. The first-order valence-electron chi connectivity index (χ1n) is 15.8. The van der Waals surface area contributed by atoms with E-state index in [-0.39, 0.29) is 0 Å². The predicted octanol–water partition coefficient (Wildman–Crippen LogP) is 12.8. The van der Waals surface area contributed by atoms with E-state index < -0.39 is 0 Å². The van der Waals surface area contributed by atoms with Crippen molar-refractivity contribution in [1.29, 1.82) is 0 Å². The summed E-state index contributed by atoms with van der Waals surface area (Å²) in [6.45, 7) is 0. The van der Waals surface area contributed by atoms with Crippen molar-refractivity contribution in [2.24, 2.45) is 0 Å². The highest BCUT2D eigenvalue weighted by Gasteiger charge is 2.15. The van der Waals surface area contributed by atoms with Gasteiger partial charge in [0.2, 0.25) is 0 Å². The van der Waals surface area contributed by atoms with Gasteiger partial charge in [-0.3, -0.25) is 0 Å². The minimum absolute atomic E-state index is 1.21. The summed E-state index contributed by atoms with van der Waals surface area (Å²) < 4.78 is 0. The monoisotopic (exact) mass is 584 g/mol. The van der Waals surface area contributed by atoms with E-state index in [9.17, 15) is 0 Å². The summed E-state index contributed by atoms with van der Waals surface area (Å²) in [5, 5.41) is 2.50. The molecule has 8 aromatic carbocycles. The van der Waals surface area contributed by atoms with Crippen LogP contribution in [0, 0.1) is 0 Å². The van der Waals surface area contributed by atoms with Crippen LogP contribution in [0.1, 0.15) is 0 Å². The Kier molecular flexibility index (Phi) is 7.30. The number of fused-ring (bicyclic) bond motifs is 1. The van der Waals surface area contributed by atoms with E-state index in [1.165, 1.54) is 77.5 Å². The number of benzene rings is 8. The van der Waals surface area contributed by atoms with Crippen LogP contribution >= 0.6 is 0 Å². The third-order valence-electron chi connectivity index (χ3n) is 8.89. The van der Waals surface area contributed by atoms with Crippen LogP contribution in [0.5, 0.6) is 0 Å². The zero-order valence-corrected chi connectivity index (χ0v) is 25.5. The van der Waals surface area contributed by atoms with Crippen molar-refractivity contribution < 1.29 is 0 Å². The first kappa shape index (κ1) is 27.6. The van der Waals surface area contributed by atoms with Gasteiger partial charge in [0.25, 0.3) is 0 Å². The molecule has 0 unspecified atom stereocenters. The maximum Gasteiger partial charge on any atom is -0.00926 e. The molecule has 0 N–H and O–H groups in total. The van der Waals surface area contributed by atoms with Gasteiger partial charge >= 0.3 is 0 Å². The average molecular weight is 585 g/mol. The molecule has 0 radical (unpaired) electrons. The molecule has 0 saturated carbocycles. The van der Waals surface area contributed by atoms with Crippen LogP contribution in [0.2, 0.25) is 0 Å². The SMILES string of the molecule is c1ccc(-c2ccc(-c3cc(-c4ccccc4)c4cc(-c5ccc(-c6ccccc6)cc5)cc(-c5ccccc5)c4c3)cc2)cc1. The maximum atomic E-state index is 2.38. The summed E-state index contributed by atoms with van der Waals surface area (Å²) in [6.07, 6.45) is 0. The molecule has 0 heterocycles. The Labute approximate surface area is 270 Å². The average Bonchev–Trinajstić information content (AvgIpc) is 3.15. The van der Waals surface area contributed by atoms with Crippen molar-refractivity contribution in [2.75, 3.05) is 0 Å². The zero-order chi connectivity index (χ0) is 30.7. The molecular weight excluding hydrogens is 553 g/mol. The van der Waals surface area contributed by atoms with Crippen LogP contribution in [0.15, 0.2) is 194 Å². The van der Waals surface area contributed by atoms with Gasteiger partial charge in [0.05, 0.1) is 0 Å². The lowest BCUT2D eigenvalue weighted by molar-refractivity contribution is 1.58. The van der Waals surface area contributed by atoms with Crippen LogP contribution in [0.4, 0.5) is 0 Å². The Bertz CT molecular complexity index is 2070. The van der Waals surface area contributed by atoms with Crippen LogP contribution < -0.4 is 0 Å². The molecule has 0 spiro atoms. The molecule has 0 nitrogen and oxygen atoms in total. The lowest BCUT2D eigenvalue weighted by Gasteiger charge is -2.17. The lowest BCUT2D eigenvalue weighted by Crippen LogP contribution is -1.91. The third-order valence-corrected chi connectivity index (χ3v) is 8.89. The molecule has 0 amide bonds. The fourth-order valence-corrected chi connectivity index (χ4v) is 6.48. The van der Waals surface area contributed by atoms with Crippen molar-refractivity contribution in [1.82, 2.24) is 0 Å².